The molecule has 2 rings (SSSR count). The van der Waals surface area contributed by atoms with Gasteiger partial charge < -0.3 is 20.1 Å². The Morgan fingerprint density at radius 3 is 3.14 bits per heavy atom. The molecule has 1 aliphatic carbocycles. The molecule has 0 aromatic rings. The highest BCUT2D eigenvalue weighted by Gasteiger charge is 2.28. The van der Waals surface area contributed by atoms with Crippen molar-refractivity contribution in [3.63, 3.8) is 0 Å². The van der Waals surface area contributed by atoms with E-state index in [1.54, 1.807) is 6.92 Å². The minimum atomic E-state index is -0.417. The van der Waals surface area contributed by atoms with E-state index < -0.39 is 6.10 Å². The van der Waals surface area contributed by atoms with Crippen LogP contribution in [0, 0.1) is 0 Å². The van der Waals surface area contributed by atoms with Crippen molar-refractivity contribution in [2.24, 2.45) is 0 Å². The summed E-state index contributed by atoms with van der Waals surface area (Å²) in [7, 11) is 0. The maximum Gasteiger partial charge on any atom is 0.317 e. The summed E-state index contributed by atoms with van der Waals surface area (Å²) < 4.78 is 5.42. The highest BCUT2D eigenvalue weighted by molar-refractivity contribution is 5.74. The molecule has 2 aliphatic rings. The first kappa shape index (κ1) is 16.3. The van der Waals surface area contributed by atoms with Crippen LogP contribution in [0.25, 0.3) is 0 Å². The number of hydrogen-bond acceptors (Lipinski definition) is 3. The number of urea groups is 1. The van der Waals surface area contributed by atoms with Crippen molar-refractivity contribution in [3.8, 4) is 0 Å². The monoisotopic (exact) mass is 296 g/mol. The summed E-state index contributed by atoms with van der Waals surface area (Å²) >= 11 is 0. The molecule has 2 atom stereocenters. The first-order chi connectivity index (χ1) is 10.2. The second kappa shape index (κ2) is 8.39. The summed E-state index contributed by atoms with van der Waals surface area (Å²) in [6, 6.07) is -0.0481. The number of amides is 2. The van der Waals surface area contributed by atoms with Crippen LogP contribution in [-0.2, 0) is 4.74 Å². The lowest BCUT2D eigenvalue weighted by atomic mass is 9.97. The molecule has 5 heteroatoms. The molecule has 0 aromatic heterocycles. The smallest absolute Gasteiger partial charge is 0.317 e. The number of aliphatic hydroxyl groups is 1. The first-order valence-corrected chi connectivity index (χ1v) is 8.15. The van der Waals surface area contributed by atoms with Crippen molar-refractivity contribution in [3.05, 3.63) is 11.6 Å². The van der Waals surface area contributed by atoms with Gasteiger partial charge in [0, 0.05) is 13.1 Å². The summed E-state index contributed by atoms with van der Waals surface area (Å²) in [5.74, 6) is 0. The largest absolute Gasteiger partial charge is 0.393 e. The van der Waals surface area contributed by atoms with E-state index in [1.165, 1.54) is 31.3 Å². The Labute approximate surface area is 127 Å². The molecule has 0 bridgehead atoms. The van der Waals surface area contributed by atoms with E-state index >= 15 is 0 Å². The molecule has 2 N–H and O–H groups in total. The lowest BCUT2D eigenvalue weighted by Crippen LogP contribution is -2.53. The number of carbonyl (C=O) groups is 1. The topological polar surface area (TPSA) is 61.8 Å². The molecule has 2 amide bonds. The number of carbonyl (C=O) groups excluding carboxylic acids is 1. The zero-order chi connectivity index (χ0) is 15.1. The van der Waals surface area contributed by atoms with Crippen LogP contribution >= 0.6 is 0 Å². The Morgan fingerprint density at radius 1 is 1.57 bits per heavy atom. The van der Waals surface area contributed by atoms with Crippen LogP contribution < -0.4 is 5.32 Å². The van der Waals surface area contributed by atoms with E-state index in [4.69, 9.17) is 4.74 Å². The molecule has 0 spiro atoms. The van der Waals surface area contributed by atoms with Crippen molar-refractivity contribution < 1.29 is 14.6 Å². The lowest BCUT2D eigenvalue weighted by molar-refractivity contribution is -0.00425. The van der Waals surface area contributed by atoms with Crippen LogP contribution in [0.15, 0.2) is 11.6 Å². The van der Waals surface area contributed by atoms with Crippen LogP contribution in [0.3, 0.4) is 0 Å². The number of aliphatic hydroxyl groups excluding tert-OH is 1. The highest BCUT2D eigenvalue weighted by Crippen LogP contribution is 2.19. The van der Waals surface area contributed by atoms with Crippen LogP contribution in [-0.4, -0.2) is 54.5 Å². The van der Waals surface area contributed by atoms with Crippen LogP contribution in [0.1, 0.15) is 45.4 Å². The van der Waals surface area contributed by atoms with E-state index in [0.717, 1.165) is 6.42 Å². The van der Waals surface area contributed by atoms with E-state index in [9.17, 15) is 9.90 Å². The predicted octanol–water partition coefficient (Wildman–Crippen LogP) is 2.06. The Morgan fingerprint density at radius 2 is 2.43 bits per heavy atom. The molecule has 0 radical (unpaired) electrons. The summed E-state index contributed by atoms with van der Waals surface area (Å²) in [4.78, 5) is 14.1. The summed E-state index contributed by atoms with van der Waals surface area (Å²) in [5.41, 5.74) is 1.48. The second-order valence-electron chi connectivity index (χ2n) is 6.10. The summed E-state index contributed by atoms with van der Waals surface area (Å²) in [6.45, 7) is 4.15. The van der Waals surface area contributed by atoms with Gasteiger partial charge in [-0.2, -0.15) is 0 Å². The molecule has 0 saturated carbocycles. The van der Waals surface area contributed by atoms with Gasteiger partial charge in [-0.15, -0.1) is 0 Å². The number of morpholine rings is 1. The van der Waals surface area contributed by atoms with Crippen molar-refractivity contribution in [2.75, 3.05) is 26.3 Å². The fourth-order valence-electron chi connectivity index (χ4n) is 3.07. The third-order valence-electron chi connectivity index (χ3n) is 4.21. The van der Waals surface area contributed by atoms with Gasteiger partial charge in [0.05, 0.1) is 25.4 Å². The fourth-order valence-corrected chi connectivity index (χ4v) is 3.07. The van der Waals surface area contributed by atoms with Gasteiger partial charge in [-0.05, 0) is 45.4 Å². The molecule has 0 aromatic carbocycles. The van der Waals surface area contributed by atoms with Crippen molar-refractivity contribution >= 4 is 6.03 Å². The van der Waals surface area contributed by atoms with Crippen molar-refractivity contribution in [1.82, 2.24) is 10.2 Å². The van der Waals surface area contributed by atoms with Crippen molar-refractivity contribution in [1.29, 1.82) is 0 Å². The quantitative estimate of drug-likeness (QED) is 0.763. The molecule has 5 nitrogen and oxygen atoms in total. The van der Waals surface area contributed by atoms with E-state index in [1.807, 2.05) is 4.90 Å². The fraction of sp³-hybridized carbons (Fsp3) is 0.812. The zero-order valence-electron chi connectivity index (χ0n) is 13.0. The predicted molar refractivity (Wildman–Crippen MR) is 82.2 cm³/mol. The third-order valence-corrected chi connectivity index (χ3v) is 4.21. The minimum absolute atomic E-state index is 0.0207. The van der Waals surface area contributed by atoms with Gasteiger partial charge in [-0.25, -0.2) is 4.79 Å². The van der Waals surface area contributed by atoms with Crippen molar-refractivity contribution in [2.45, 2.75) is 57.6 Å². The second-order valence-corrected chi connectivity index (χ2v) is 6.10. The standard InChI is InChI=1S/C16H28N2O3/c1-13(19)11-15-12-21-10-9-18(15)16(20)17-8-7-14-5-3-2-4-6-14/h5,13,15,19H,2-4,6-12H2,1H3,(H,17,20)/t13-,15-/m0/s1. The maximum atomic E-state index is 12.3. The first-order valence-electron chi connectivity index (χ1n) is 8.15. The number of hydrogen-bond donors (Lipinski definition) is 2. The molecule has 1 aliphatic heterocycles. The van der Waals surface area contributed by atoms with Gasteiger partial charge in [0.25, 0.3) is 0 Å². The summed E-state index contributed by atoms with van der Waals surface area (Å²) in [6.07, 6.45) is 8.36. The van der Waals surface area contributed by atoms with E-state index in [0.29, 0.717) is 32.7 Å². The molecule has 0 unspecified atom stereocenters. The Balaban J connectivity index is 1.76. The molecule has 120 valence electrons. The average molecular weight is 296 g/mol. The normalized spacial score (nSPS) is 24.4. The van der Waals surface area contributed by atoms with Gasteiger partial charge in [0.1, 0.15) is 0 Å². The molecular formula is C16H28N2O3. The lowest BCUT2D eigenvalue weighted by Gasteiger charge is -2.36. The van der Waals surface area contributed by atoms with Crippen LogP contribution in [0.2, 0.25) is 0 Å². The number of ether oxygens (including phenoxy) is 1. The molecular weight excluding hydrogens is 268 g/mol. The van der Waals surface area contributed by atoms with Crippen LogP contribution in [0.4, 0.5) is 4.79 Å². The molecule has 21 heavy (non-hydrogen) atoms. The van der Waals surface area contributed by atoms with Gasteiger partial charge in [-0.3, -0.25) is 0 Å². The molecule has 1 saturated heterocycles. The van der Waals surface area contributed by atoms with Gasteiger partial charge >= 0.3 is 6.03 Å². The number of nitrogens with zero attached hydrogens (tertiary/aromatic N) is 1. The van der Waals surface area contributed by atoms with Crippen LogP contribution in [0.5, 0.6) is 0 Å². The zero-order valence-corrected chi connectivity index (χ0v) is 13.0. The van der Waals surface area contributed by atoms with Gasteiger partial charge in [0.2, 0.25) is 0 Å². The number of nitrogens with one attached hydrogen (secondary N) is 1. The summed E-state index contributed by atoms with van der Waals surface area (Å²) in [5, 5.41) is 12.5. The maximum absolute atomic E-state index is 12.3. The molecule has 1 heterocycles. The minimum Gasteiger partial charge on any atom is -0.393 e. The highest BCUT2D eigenvalue weighted by atomic mass is 16.5. The average Bonchev–Trinajstić information content (AvgIpc) is 2.48. The molecule has 1 fully saturated rings. The number of rotatable bonds is 5. The number of allylic oxidation sites excluding steroid dienone is 1. The Bertz CT molecular complexity index is 369. The Hall–Kier alpha value is -1.07. The van der Waals surface area contributed by atoms with Gasteiger partial charge in [0.15, 0.2) is 0 Å². The third kappa shape index (κ3) is 5.32. The van der Waals surface area contributed by atoms with Gasteiger partial charge in [-0.1, -0.05) is 11.6 Å². The van der Waals surface area contributed by atoms with E-state index in [-0.39, 0.29) is 12.1 Å². The Kier molecular flexibility index (Phi) is 6.51. The SMILES string of the molecule is C[C@H](O)C[C@H]1COCCN1C(=O)NCCC1=CCCCC1. The van der Waals surface area contributed by atoms with E-state index in [2.05, 4.69) is 11.4 Å².